The van der Waals surface area contributed by atoms with Gasteiger partial charge in [-0.05, 0) is 43.9 Å². The van der Waals surface area contributed by atoms with Crippen LogP contribution in [0.4, 0.5) is 0 Å². The fourth-order valence-corrected chi connectivity index (χ4v) is 2.74. The van der Waals surface area contributed by atoms with Crippen LogP contribution in [0, 0.1) is 20.8 Å². The van der Waals surface area contributed by atoms with E-state index in [0.29, 0.717) is 13.2 Å². The van der Waals surface area contributed by atoms with Crippen molar-refractivity contribution in [2.24, 2.45) is 5.73 Å². The molecular weight excluding hydrogens is 226 g/mol. The molecule has 1 aliphatic heterocycles. The molecule has 2 rings (SSSR count). The zero-order chi connectivity index (χ0) is 13.1. The highest BCUT2D eigenvalue weighted by atomic mass is 16.5. The van der Waals surface area contributed by atoms with E-state index in [0.717, 1.165) is 13.0 Å². The number of hydrogen-bond donors (Lipinski definition) is 1. The van der Waals surface area contributed by atoms with Crippen LogP contribution in [0.15, 0.2) is 12.1 Å². The van der Waals surface area contributed by atoms with Crippen LogP contribution in [0.25, 0.3) is 0 Å². The molecule has 0 aliphatic carbocycles. The van der Waals surface area contributed by atoms with Gasteiger partial charge in [-0.15, -0.1) is 0 Å². The molecule has 0 aromatic heterocycles. The van der Waals surface area contributed by atoms with Gasteiger partial charge in [-0.3, -0.25) is 0 Å². The fourth-order valence-electron chi connectivity index (χ4n) is 2.74. The quantitative estimate of drug-likeness (QED) is 0.891. The van der Waals surface area contributed by atoms with Gasteiger partial charge in [0.05, 0.1) is 25.4 Å². The standard InChI is InChI=1S/C15H23NO2/c1-10-6-11(2)15(12(3)7-10)14(16)9-18-13-4-5-17-8-13/h6-7,13-14H,4-5,8-9,16H2,1-3H3. The van der Waals surface area contributed by atoms with Gasteiger partial charge in [-0.1, -0.05) is 17.7 Å². The second-order valence-electron chi connectivity index (χ2n) is 5.24. The van der Waals surface area contributed by atoms with E-state index in [1.807, 2.05) is 0 Å². The zero-order valence-corrected chi connectivity index (χ0v) is 11.5. The molecule has 3 nitrogen and oxygen atoms in total. The summed E-state index contributed by atoms with van der Waals surface area (Å²) < 4.78 is 11.1. The van der Waals surface area contributed by atoms with Crippen LogP contribution in [-0.4, -0.2) is 25.9 Å². The molecule has 2 N–H and O–H groups in total. The molecule has 0 amide bonds. The van der Waals surface area contributed by atoms with Crippen molar-refractivity contribution in [3.8, 4) is 0 Å². The Morgan fingerprint density at radius 1 is 1.33 bits per heavy atom. The van der Waals surface area contributed by atoms with E-state index in [9.17, 15) is 0 Å². The van der Waals surface area contributed by atoms with E-state index in [1.54, 1.807) is 0 Å². The Morgan fingerprint density at radius 2 is 2.00 bits per heavy atom. The SMILES string of the molecule is Cc1cc(C)c(C(N)COC2CCOC2)c(C)c1. The van der Waals surface area contributed by atoms with Gasteiger partial charge in [0.15, 0.2) is 0 Å². The number of hydrogen-bond acceptors (Lipinski definition) is 3. The van der Waals surface area contributed by atoms with Crippen molar-refractivity contribution in [1.82, 2.24) is 0 Å². The van der Waals surface area contributed by atoms with Crippen LogP contribution < -0.4 is 5.73 Å². The van der Waals surface area contributed by atoms with Crippen LogP contribution in [-0.2, 0) is 9.47 Å². The van der Waals surface area contributed by atoms with Gasteiger partial charge in [0.2, 0.25) is 0 Å². The summed E-state index contributed by atoms with van der Waals surface area (Å²) in [5.74, 6) is 0. The summed E-state index contributed by atoms with van der Waals surface area (Å²) in [7, 11) is 0. The van der Waals surface area contributed by atoms with Crippen molar-refractivity contribution in [2.75, 3.05) is 19.8 Å². The Kier molecular flexibility index (Phi) is 4.38. The predicted octanol–water partition coefficient (Wildman–Crippen LogP) is 2.42. The van der Waals surface area contributed by atoms with Gasteiger partial charge < -0.3 is 15.2 Å². The van der Waals surface area contributed by atoms with Crippen LogP contribution in [0.5, 0.6) is 0 Å². The summed E-state index contributed by atoms with van der Waals surface area (Å²) in [5, 5.41) is 0. The van der Waals surface area contributed by atoms with Crippen LogP contribution in [0.1, 0.15) is 34.7 Å². The van der Waals surface area contributed by atoms with E-state index >= 15 is 0 Å². The molecule has 1 fully saturated rings. The molecule has 0 saturated carbocycles. The molecule has 18 heavy (non-hydrogen) atoms. The summed E-state index contributed by atoms with van der Waals surface area (Å²) >= 11 is 0. The molecule has 1 heterocycles. The van der Waals surface area contributed by atoms with Crippen LogP contribution in [0.2, 0.25) is 0 Å². The highest BCUT2D eigenvalue weighted by Gasteiger charge is 2.19. The Labute approximate surface area is 109 Å². The summed E-state index contributed by atoms with van der Waals surface area (Å²) in [4.78, 5) is 0. The third-order valence-electron chi connectivity index (χ3n) is 3.51. The molecule has 3 heteroatoms. The first-order chi connectivity index (χ1) is 8.58. The Morgan fingerprint density at radius 3 is 2.56 bits per heavy atom. The molecule has 1 aliphatic rings. The van der Waals surface area contributed by atoms with E-state index in [1.165, 1.54) is 22.3 Å². The molecule has 0 spiro atoms. The van der Waals surface area contributed by atoms with Crippen molar-refractivity contribution in [3.63, 3.8) is 0 Å². The predicted molar refractivity (Wildman–Crippen MR) is 72.8 cm³/mol. The topological polar surface area (TPSA) is 44.5 Å². The molecule has 0 bridgehead atoms. The van der Waals surface area contributed by atoms with Gasteiger partial charge >= 0.3 is 0 Å². The highest BCUT2D eigenvalue weighted by Crippen LogP contribution is 2.23. The van der Waals surface area contributed by atoms with Gasteiger partial charge in [-0.2, -0.15) is 0 Å². The second-order valence-corrected chi connectivity index (χ2v) is 5.24. The van der Waals surface area contributed by atoms with Crippen LogP contribution in [0.3, 0.4) is 0 Å². The fraction of sp³-hybridized carbons (Fsp3) is 0.600. The maximum absolute atomic E-state index is 6.26. The molecule has 100 valence electrons. The van der Waals surface area contributed by atoms with Gasteiger partial charge in [-0.25, -0.2) is 0 Å². The van der Waals surface area contributed by atoms with Crippen molar-refractivity contribution in [3.05, 3.63) is 34.4 Å². The molecule has 2 atom stereocenters. The maximum atomic E-state index is 6.26. The van der Waals surface area contributed by atoms with Gasteiger partial charge in [0, 0.05) is 6.61 Å². The summed E-state index contributed by atoms with van der Waals surface area (Å²) in [5.41, 5.74) is 11.3. The number of aryl methyl sites for hydroxylation is 3. The van der Waals surface area contributed by atoms with Crippen molar-refractivity contribution >= 4 is 0 Å². The molecule has 1 saturated heterocycles. The number of rotatable bonds is 4. The zero-order valence-electron chi connectivity index (χ0n) is 11.5. The third-order valence-corrected chi connectivity index (χ3v) is 3.51. The summed E-state index contributed by atoms with van der Waals surface area (Å²) in [6.45, 7) is 8.43. The van der Waals surface area contributed by atoms with Gasteiger partial charge in [0.25, 0.3) is 0 Å². The minimum absolute atomic E-state index is 0.0498. The summed E-state index contributed by atoms with van der Waals surface area (Å²) in [6, 6.07) is 4.31. The Balaban J connectivity index is 2.01. The molecule has 1 aromatic rings. The highest BCUT2D eigenvalue weighted by molar-refractivity contribution is 5.39. The Bertz CT molecular complexity index is 388. The van der Waals surface area contributed by atoms with E-state index < -0.39 is 0 Å². The molecule has 2 unspecified atom stereocenters. The lowest BCUT2D eigenvalue weighted by Gasteiger charge is -2.20. The van der Waals surface area contributed by atoms with E-state index in [4.69, 9.17) is 15.2 Å². The lowest BCUT2D eigenvalue weighted by molar-refractivity contribution is 0.0348. The smallest absolute Gasteiger partial charge is 0.0831 e. The third kappa shape index (κ3) is 3.10. The second kappa shape index (κ2) is 5.83. The molecular formula is C15H23NO2. The first kappa shape index (κ1) is 13.5. The molecule has 0 radical (unpaired) electrons. The lowest BCUT2D eigenvalue weighted by atomic mass is 9.95. The van der Waals surface area contributed by atoms with Gasteiger partial charge in [0.1, 0.15) is 0 Å². The molecule has 1 aromatic carbocycles. The number of benzene rings is 1. The van der Waals surface area contributed by atoms with Crippen molar-refractivity contribution < 1.29 is 9.47 Å². The normalized spacial score (nSPS) is 21.2. The monoisotopic (exact) mass is 249 g/mol. The number of nitrogens with two attached hydrogens (primary N) is 1. The van der Waals surface area contributed by atoms with E-state index in [-0.39, 0.29) is 12.1 Å². The number of ether oxygens (including phenoxy) is 2. The Hall–Kier alpha value is -0.900. The van der Waals surface area contributed by atoms with Crippen LogP contribution >= 0.6 is 0 Å². The van der Waals surface area contributed by atoms with Crippen molar-refractivity contribution in [1.29, 1.82) is 0 Å². The van der Waals surface area contributed by atoms with E-state index in [2.05, 4.69) is 32.9 Å². The minimum atomic E-state index is -0.0498. The first-order valence-corrected chi connectivity index (χ1v) is 6.60. The first-order valence-electron chi connectivity index (χ1n) is 6.60. The van der Waals surface area contributed by atoms with Crippen molar-refractivity contribution in [2.45, 2.75) is 39.3 Å². The summed E-state index contributed by atoms with van der Waals surface area (Å²) in [6.07, 6.45) is 1.21. The average Bonchev–Trinajstić information content (AvgIpc) is 2.77. The largest absolute Gasteiger partial charge is 0.379 e. The lowest BCUT2D eigenvalue weighted by Crippen LogP contribution is -2.24. The average molecular weight is 249 g/mol. The maximum Gasteiger partial charge on any atom is 0.0831 e. The minimum Gasteiger partial charge on any atom is -0.379 e.